The summed E-state index contributed by atoms with van der Waals surface area (Å²) < 4.78 is 0. The van der Waals surface area contributed by atoms with Gasteiger partial charge in [0.05, 0.1) is 5.71 Å². The van der Waals surface area contributed by atoms with Gasteiger partial charge in [0.25, 0.3) is 5.78 Å². The minimum Gasteiger partial charge on any atom is -0.475 e. The van der Waals surface area contributed by atoms with Crippen LogP contribution in [0, 0.1) is 5.41 Å². The van der Waals surface area contributed by atoms with Crippen LogP contribution in [0.3, 0.4) is 0 Å². The summed E-state index contributed by atoms with van der Waals surface area (Å²) in [4.78, 5) is 19.9. The van der Waals surface area contributed by atoms with Crippen LogP contribution in [0.25, 0.3) is 0 Å². The Kier molecular flexibility index (Phi) is 2.53. The van der Waals surface area contributed by atoms with Gasteiger partial charge < -0.3 is 10.8 Å². The van der Waals surface area contributed by atoms with Crippen molar-refractivity contribution in [1.82, 2.24) is 0 Å². The predicted molar refractivity (Wildman–Crippen MR) is 29.4 cm³/mol. The number of nitrogens with one attached hydrogen (secondary N) is 1. The molecule has 0 rings (SSSR count). The second-order valence-corrected chi connectivity index (χ2v) is 1.32. The topological polar surface area (TPSA) is 104 Å². The van der Waals surface area contributed by atoms with E-state index < -0.39 is 17.5 Å². The van der Waals surface area contributed by atoms with E-state index >= 15 is 0 Å². The summed E-state index contributed by atoms with van der Waals surface area (Å²) in [7, 11) is 0. The third-order valence-corrected chi connectivity index (χ3v) is 0.672. The molecular weight excluding hydrogens is 124 g/mol. The highest BCUT2D eigenvalue weighted by Crippen LogP contribution is 1.73. The lowest BCUT2D eigenvalue weighted by Crippen LogP contribution is -2.28. The molecule has 0 saturated heterocycles. The molecule has 0 unspecified atom stereocenters. The van der Waals surface area contributed by atoms with E-state index in [0.29, 0.717) is 0 Å². The molecule has 4 N–H and O–H groups in total. The Morgan fingerprint density at radius 2 is 2.00 bits per heavy atom. The third kappa shape index (κ3) is 2.00. The van der Waals surface area contributed by atoms with Gasteiger partial charge in [-0.25, -0.2) is 4.79 Å². The largest absolute Gasteiger partial charge is 0.475 e. The SMILES string of the molecule is N=C(CN)C(=O)C(=O)O. The smallest absolute Gasteiger partial charge is 0.378 e. The van der Waals surface area contributed by atoms with E-state index in [4.69, 9.17) is 16.2 Å². The molecule has 50 valence electrons. The summed E-state index contributed by atoms with van der Waals surface area (Å²) in [6.45, 7) is -0.328. The number of aliphatic carboxylic acids is 1. The zero-order valence-electron chi connectivity index (χ0n) is 4.55. The van der Waals surface area contributed by atoms with Crippen LogP contribution in [0.1, 0.15) is 0 Å². The molecular formula is C4H6N2O3. The molecule has 0 saturated carbocycles. The molecule has 5 heteroatoms. The molecule has 0 spiro atoms. The number of carboxylic acid groups (broad SMARTS) is 1. The average Bonchev–Trinajstić information content (AvgIpc) is 1.84. The number of nitrogens with two attached hydrogens (primary N) is 1. The molecule has 0 heterocycles. The number of ketones is 1. The number of carbonyl (C=O) groups excluding carboxylic acids is 1. The summed E-state index contributed by atoms with van der Waals surface area (Å²) in [6.07, 6.45) is 0. The number of carboxylic acids is 1. The molecule has 9 heavy (non-hydrogen) atoms. The van der Waals surface area contributed by atoms with Crippen LogP contribution >= 0.6 is 0 Å². The van der Waals surface area contributed by atoms with Gasteiger partial charge in [0.1, 0.15) is 0 Å². The van der Waals surface area contributed by atoms with Crippen molar-refractivity contribution in [1.29, 1.82) is 5.41 Å². The van der Waals surface area contributed by atoms with Crippen LogP contribution in [-0.4, -0.2) is 29.1 Å². The Bertz CT molecular complexity index is 163. The molecule has 0 fully saturated rings. The highest BCUT2D eigenvalue weighted by atomic mass is 16.4. The van der Waals surface area contributed by atoms with Crippen molar-refractivity contribution in [2.24, 2.45) is 5.73 Å². The Hall–Kier alpha value is -1.23. The van der Waals surface area contributed by atoms with Gasteiger partial charge in [-0.2, -0.15) is 0 Å². The van der Waals surface area contributed by atoms with Crippen LogP contribution in [0.5, 0.6) is 0 Å². The first-order chi connectivity index (χ1) is 4.09. The first-order valence-corrected chi connectivity index (χ1v) is 2.14. The van der Waals surface area contributed by atoms with E-state index in [2.05, 4.69) is 0 Å². The van der Waals surface area contributed by atoms with Crippen LogP contribution in [0.15, 0.2) is 0 Å². The number of Topliss-reactive ketones (excluding diaryl/α,β-unsaturated/α-hetero) is 1. The lowest BCUT2D eigenvalue weighted by atomic mass is 10.2. The van der Waals surface area contributed by atoms with Gasteiger partial charge in [-0.1, -0.05) is 0 Å². The van der Waals surface area contributed by atoms with Crippen molar-refractivity contribution in [2.75, 3.05) is 6.54 Å². The summed E-state index contributed by atoms with van der Waals surface area (Å²) in [6, 6.07) is 0. The number of hydrogen-bond donors (Lipinski definition) is 3. The lowest BCUT2D eigenvalue weighted by Gasteiger charge is -1.90. The van der Waals surface area contributed by atoms with Crippen LogP contribution in [0.4, 0.5) is 0 Å². The highest BCUT2D eigenvalue weighted by molar-refractivity contribution is 6.62. The van der Waals surface area contributed by atoms with Crippen molar-refractivity contribution in [3.8, 4) is 0 Å². The fourth-order valence-electron chi connectivity index (χ4n) is 0.222. The maximum Gasteiger partial charge on any atom is 0.378 e. The fourth-order valence-corrected chi connectivity index (χ4v) is 0.222. The van der Waals surface area contributed by atoms with Gasteiger partial charge in [0.2, 0.25) is 0 Å². The quantitative estimate of drug-likeness (QED) is 0.323. The maximum absolute atomic E-state index is 10.2. The van der Waals surface area contributed by atoms with Crippen molar-refractivity contribution >= 4 is 17.5 Å². The summed E-state index contributed by atoms with van der Waals surface area (Å²) in [5.74, 6) is -2.87. The maximum atomic E-state index is 10.2. The standard InChI is InChI=1S/C4H6N2O3/c5-1-2(6)3(7)4(8)9/h6H,1,5H2,(H,8,9). The van der Waals surface area contributed by atoms with E-state index in [1.165, 1.54) is 0 Å². The van der Waals surface area contributed by atoms with Crippen molar-refractivity contribution in [2.45, 2.75) is 0 Å². The van der Waals surface area contributed by atoms with Gasteiger partial charge in [0, 0.05) is 6.54 Å². The molecule has 0 aliphatic carbocycles. The van der Waals surface area contributed by atoms with E-state index in [1.807, 2.05) is 0 Å². The second kappa shape index (κ2) is 2.93. The number of carbonyl (C=O) groups is 2. The van der Waals surface area contributed by atoms with E-state index in [0.717, 1.165) is 0 Å². The van der Waals surface area contributed by atoms with Crippen molar-refractivity contribution < 1.29 is 14.7 Å². The lowest BCUT2D eigenvalue weighted by molar-refractivity contribution is -0.145. The monoisotopic (exact) mass is 130 g/mol. The van der Waals surface area contributed by atoms with Gasteiger partial charge >= 0.3 is 5.97 Å². The molecule has 0 aromatic rings. The van der Waals surface area contributed by atoms with E-state index in [9.17, 15) is 9.59 Å². The van der Waals surface area contributed by atoms with Gasteiger partial charge in [-0.3, -0.25) is 10.2 Å². The van der Waals surface area contributed by atoms with Crippen LogP contribution in [-0.2, 0) is 9.59 Å². The number of hydrogen-bond acceptors (Lipinski definition) is 4. The molecule has 5 nitrogen and oxygen atoms in total. The first-order valence-electron chi connectivity index (χ1n) is 2.14. The Labute approximate surface area is 51.0 Å². The Balaban J connectivity index is 4.05. The van der Waals surface area contributed by atoms with Crippen LogP contribution in [0.2, 0.25) is 0 Å². The first kappa shape index (κ1) is 7.77. The molecule has 0 aliphatic heterocycles. The van der Waals surface area contributed by atoms with Crippen molar-refractivity contribution in [3.63, 3.8) is 0 Å². The Morgan fingerprint density at radius 1 is 1.56 bits per heavy atom. The molecule has 0 radical (unpaired) electrons. The second-order valence-electron chi connectivity index (χ2n) is 1.32. The highest BCUT2D eigenvalue weighted by Gasteiger charge is 2.15. The molecule has 0 aromatic heterocycles. The van der Waals surface area contributed by atoms with Crippen LogP contribution < -0.4 is 5.73 Å². The number of rotatable bonds is 3. The van der Waals surface area contributed by atoms with Crippen molar-refractivity contribution in [3.05, 3.63) is 0 Å². The minimum atomic E-state index is -1.63. The summed E-state index contributed by atoms with van der Waals surface area (Å²) in [5.41, 5.74) is 4.22. The fraction of sp³-hybridized carbons (Fsp3) is 0.250. The van der Waals surface area contributed by atoms with Gasteiger partial charge in [-0.15, -0.1) is 0 Å². The van der Waals surface area contributed by atoms with Gasteiger partial charge in [-0.05, 0) is 0 Å². The molecule has 0 atom stereocenters. The molecule has 0 aliphatic rings. The zero-order chi connectivity index (χ0) is 7.44. The average molecular weight is 130 g/mol. The summed E-state index contributed by atoms with van der Waals surface area (Å²) >= 11 is 0. The van der Waals surface area contributed by atoms with E-state index in [-0.39, 0.29) is 6.54 Å². The third-order valence-electron chi connectivity index (χ3n) is 0.672. The predicted octanol–water partition coefficient (Wildman–Crippen LogP) is -1.38. The minimum absolute atomic E-state index is 0.328. The molecule has 0 amide bonds. The molecule has 0 bridgehead atoms. The van der Waals surface area contributed by atoms with Gasteiger partial charge in [0.15, 0.2) is 0 Å². The normalized spacial score (nSPS) is 8.56. The Morgan fingerprint density at radius 3 is 2.11 bits per heavy atom. The summed E-state index contributed by atoms with van der Waals surface area (Å²) in [5, 5.41) is 14.6. The zero-order valence-corrected chi connectivity index (χ0v) is 4.55. The molecule has 0 aromatic carbocycles. The van der Waals surface area contributed by atoms with E-state index in [1.54, 1.807) is 0 Å².